The van der Waals surface area contributed by atoms with Crippen molar-refractivity contribution in [3.8, 4) is 0 Å². The van der Waals surface area contributed by atoms with Gasteiger partial charge in [-0.25, -0.2) is 4.79 Å². The minimum Gasteiger partial charge on any atom is -0.480 e. The minimum absolute atomic E-state index is 0.0918. The highest BCUT2D eigenvalue weighted by Gasteiger charge is 2.40. The molecule has 2 rings (SSSR count). The Bertz CT molecular complexity index is 492. The highest BCUT2D eigenvalue weighted by atomic mass is 16.4. The summed E-state index contributed by atoms with van der Waals surface area (Å²) in [5.74, 6) is -1.07. The van der Waals surface area contributed by atoms with Crippen molar-refractivity contribution in [1.82, 2.24) is 5.32 Å². The zero-order valence-electron chi connectivity index (χ0n) is 12.5. The van der Waals surface area contributed by atoms with Crippen LogP contribution in [0.15, 0.2) is 30.3 Å². The van der Waals surface area contributed by atoms with E-state index in [0.29, 0.717) is 6.42 Å². The summed E-state index contributed by atoms with van der Waals surface area (Å²) in [5, 5.41) is 12.1. The molecule has 2 N–H and O–H groups in total. The van der Waals surface area contributed by atoms with Crippen molar-refractivity contribution in [2.45, 2.75) is 51.5 Å². The molecule has 0 spiro atoms. The summed E-state index contributed by atoms with van der Waals surface area (Å²) in [6, 6.07) is 8.55. The molecule has 0 aromatic heterocycles. The summed E-state index contributed by atoms with van der Waals surface area (Å²) in [5.41, 5.74) is 0.562. The maximum atomic E-state index is 12.5. The fourth-order valence-corrected chi connectivity index (χ4v) is 3.15. The van der Waals surface area contributed by atoms with Gasteiger partial charge in [-0.15, -0.1) is 0 Å². The van der Waals surface area contributed by atoms with Crippen LogP contribution in [0.5, 0.6) is 0 Å². The summed E-state index contributed by atoms with van der Waals surface area (Å²) in [6.07, 6.45) is 4.94. The number of carbonyl (C=O) groups is 2. The van der Waals surface area contributed by atoms with E-state index >= 15 is 0 Å². The van der Waals surface area contributed by atoms with Gasteiger partial charge in [0.05, 0.1) is 0 Å². The molecule has 0 saturated heterocycles. The third kappa shape index (κ3) is 3.63. The van der Waals surface area contributed by atoms with Crippen LogP contribution in [0.4, 0.5) is 0 Å². The summed E-state index contributed by atoms with van der Waals surface area (Å²) in [7, 11) is 0. The van der Waals surface area contributed by atoms with Crippen LogP contribution in [-0.4, -0.2) is 23.0 Å². The molecule has 1 saturated carbocycles. The lowest BCUT2D eigenvalue weighted by atomic mass is 9.82. The normalized spacial score (nSPS) is 18.1. The molecule has 4 nitrogen and oxygen atoms in total. The molecule has 1 aromatic carbocycles. The van der Waals surface area contributed by atoms with E-state index < -0.39 is 12.0 Å². The van der Waals surface area contributed by atoms with Crippen LogP contribution >= 0.6 is 0 Å². The largest absolute Gasteiger partial charge is 0.480 e. The monoisotopic (exact) mass is 289 g/mol. The number of hydrogen-bond donors (Lipinski definition) is 2. The quantitative estimate of drug-likeness (QED) is 0.846. The number of benzene rings is 1. The van der Waals surface area contributed by atoms with Crippen LogP contribution in [0.1, 0.15) is 44.6 Å². The molecule has 1 aliphatic rings. The molecule has 0 aliphatic heterocycles. The molecule has 0 bridgehead atoms. The summed E-state index contributed by atoms with van der Waals surface area (Å²) in [6.45, 7) is 2.01. The topological polar surface area (TPSA) is 66.4 Å². The van der Waals surface area contributed by atoms with Gasteiger partial charge < -0.3 is 10.4 Å². The second-order valence-corrected chi connectivity index (χ2v) is 5.89. The van der Waals surface area contributed by atoms with E-state index in [1.54, 1.807) is 0 Å². The van der Waals surface area contributed by atoms with Gasteiger partial charge in [0.2, 0.25) is 5.91 Å². The van der Waals surface area contributed by atoms with Gasteiger partial charge in [-0.3, -0.25) is 4.79 Å². The Morgan fingerprint density at radius 2 is 1.86 bits per heavy atom. The zero-order chi connectivity index (χ0) is 15.3. The number of carbonyl (C=O) groups excluding carboxylic acids is 1. The molecule has 114 valence electrons. The molecule has 4 heteroatoms. The van der Waals surface area contributed by atoms with Gasteiger partial charge in [-0.1, -0.05) is 50.1 Å². The van der Waals surface area contributed by atoms with Crippen LogP contribution in [0, 0.1) is 5.41 Å². The SMILES string of the molecule is CCC1(C(=O)NC(Cc2ccccc2)C(=O)O)CCCC1. The van der Waals surface area contributed by atoms with E-state index in [0.717, 1.165) is 37.7 Å². The smallest absolute Gasteiger partial charge is 0.326 e. The number of aliphatic carboxylic acids is 1. The van der Waals surface area contributed by atoms with Crippen LogP contribution in [-0.2, 0) is 16.0 Å². The van der Waals surface area contributed by atoms with Crippen molar-refractivity contribution < 1.29 is 14.7 Å². The predicted molar refractivity (Wildman–Crippen MR) is 80.9 cm³/mol. The lowest BCUT2D eigenvalue weighted by Crippen LogP contribution is -2.48. The van der Waals surface area contributed by atoms with Crippen LogP contribution < -0.4 is 5.32 Å². The zero-order valence-corrected chi connectivity index (χ0v) is 12.5. The highest BCUT2D eigenvalue weighted by Crippen LogP contribution is 2.41. The van der Waals surface area contributed by atoms with Gasteiger partial charge in [-0.2, -0.15) is 0 Å². The maximum Gasteiger partial charge on any atom is 0.326 e. The molecule has 1 fully saturated rings. The Labute approximate surface area is 125 Å². The molecule has 0 radical (unpaired) electrons. The highest BCUT2D eigenvalue weighted by molar-refractivity contribution is 5.87. The van der Waals surface area contributed by atoms with Gasteiger partial charge in [0.1, 0.15) is 6.04 Å². The van der Waals surface area contributed by atoms with Gasteiger partial charge in [0.15, 0.2) is 0 Å². The van der Waals surface area contributed by atoms with Crippen molar-refractivity contribution in [3.63, 3.8) is 0 Å². The lowest BCUT2D eigenvalue weighted by Gasteiger charge is -2.28. The molecule has 1 aliphatic carbocycles. The molecule has 21 heavy (non-hydrogen) atoms. The first-order valence-electron chi connectivity index (χ1n) is 7.65. The molecule has 1 atom stereocenters. The molecular formula is C17H23NO3. The van der Waals surface area contributed by atoms with Gasteiger partial charge in [-0.05, 0) is 24.8 Å². The van der Waals surface area contributed by atoms with Crippen LogP contribution in [0.3, 0.4) is 0 Å². The van der Waals surface area contributed by atoms with Crippen LogP contribution in [0.25, 0.3) is 0 Å². The number of carboxylic acid groups (broad SMARTS) is 1. The number of amides is 1. The molecule has 1 amide bonds. The average molecular weight is 289 g/mol. The van der Waals surface area contributed by atoms with E-state index in [2.05, 4.69) is 5.32 Å². The predicted octanol–water partition coefficient (Wildman–Crippen LogP) is 2.77. The van der Waals surface area contributed by atoms with Gasteiger partial charge in [0, 0.05) is 11.8 Å². The van der Waals surface area contributed by atoms with Crippen molar-refractivity contribution in [1.29, 1.82) is 0 Å². The Hall–Kier alpha value is -1.84. The minimum atomic E-state index is -0.976. The maximum absolute atomic E-state index is 12.5. The van der Waals surface area contributed by atoms with Crippen LogP contribution in [0.2, 0.25) is 0 Å². The third-order valence-corrected chi connectivity index (χ3v) is 4.61. The Balaban J connectivity index is 2.06. The molecule has 0 heterocycles. The first-order chi connectivity index (χ1) is 10.1. The first-order valence-corrected chi connectivity index (χ1v) is 7.65. The Morgan fingerprint density at radius 1 is 1.24 bits per heavy atom. The van der Waals surface area contributed by atoms with E-state index in [1.807, 2.05) is 37.3 Å². The van der Waals surface area contributed by atoms with Gasteiger partial charge >= 0.3 is 5.97 Å². The summed E-state index contributed by atoms with van der Waals surface area (Å²) in [4.78, 5) is 24.0. The fourth-order valence-electron chi connectivity index (χ4n) is 3.15. The number of rotatable bonds is 6. The number of nitrogens with one attached hydrogen (secondary N) is 1. The Kier molecular flexibility index (Phi) is 4.99. The first kappa shape index (κ1) is 15.5. The lowest BCUT2D eigenvalue weighted by molar-refractivity contribution is -0.144. The fraction of sp³-hybridized carbons (Fsp3) is 0.529. The number of carboxylic acids is 1. The number of hydrogen-bond acceptors (Lipinski definition) is 2. The van der Waals surface area contributed by atoms with E-state index in [1.165, 1.54) is 0 Å². The summed E-state index contributed by atoms with van der Waals surface area (Å²) >= 11 is 0. The van der Waals surface area contributed by atoms with Crippen molar-refractivity contribution in [3.05, 3.63) is 35.9 Å². The molecular weight excluding hydrogens is 266 g/mol. The van der Waals surface area contributed by atoms with E-state index in [9.17, 15) is 14.7 Å². The standard InChI is InChI=1S/C17H23NO3/c1-2-17(10-6-7-11-17)16(21)18-14(15(19)20)12-13-8-4-3-5-9-13/h3-5,8-9,14H,2,6-7,10-12H2,1H3,(H,18,21)(H,19,20). The van der Waals surface area contributed by atoms with Crippen molar-refractivity contribution in [2.75, 3.05) is 0 Å². The second kappa shape index (κ2) is 6.74. The average Bonchev–Trinajstić information content (AvgIpc) is 2.97. The molecule has 1 unspecified atom stereocenters. The van der Waals surface area contributed by atoms with Gasteiger partial charge in [0.25, 0.3) is 0 Å². The van der Waals surface area contributed by atoms with Crippen molar-refractivity contribution in [2.24, 2.45) is 5.41 Å². The second-order valence-electron chi connectivity index (χ2n) is 5.89. The van der Waals surface area contributed by atoms with E-state index in [4.69, 9.17) is 0 Å². The Morgan fingerprint density at radius 3 is 2.38 bits per heavy atom. The van der Waals surface area contributed by atoms with Crippen molar-refractivity contribution >= 4 is 11.9 Å². The molecule has 1 aromatic rings. The third-order valence-electron chi connectivity index (χ3n) is 4.61. The van der Waals surface area contributed by atoms with E-state index in [-0.39, 0.29) is 11.3 Å². The summed E-state index contributed by atoms with van der Waals surface area (Å²) < 4.78 is 0.